The Kier molecular flexibility index (Phi) is 6.61. The molecule has 3 rings (SSSR count). The first-order chi connectivity index (χ1) is 14.8. The lowest BCUT2D eigenvalue weighted by Crippen LogP contribution is -2.12. The topological polar surface area (TPSA) is 131 Å². The molecule has 160 valence electrons. The number of thioether (sulfide) groups is 1. The number of aromatic hydroxyl groups is 1. The summed E-state index contributed by atoms with van der Waals surface area (Å²) in [6.45, 7) is 1.75. The normalized spacial score (nSPS) is 16.1. The molecule has 0 amide bonds. The van der Waals surface area contributed by atoms with Crippen molar-refractivity contribution in [2.45, 2.75) is 6.92 Å². The molecule has 0 saturated carbocycles. The summed E-state index contributed by atoms with van der Waals surface area (Å²) < 4.78 is 10.1. The van der Waals surface area contributed by atoms with Crippen molar-refractivity contribution in [3.8, 4) is 11.5 Å². The molecule has 0 radical (unpaired) electrons. The number of hydrogen-bond acceptors (Lipinski definition) is 9. The van der Waals surface area contributed by atoms with Gasteiger partial charge in [-0.1, -0.05) is 17.8 Å². The number of ether oxygens (including phenoxy) is 2. The van der Waals surface area contributed by atoms with E-state index >= 15 is 0 Å². The Bertz CT molecular complexity index is 1120. The second kappa shape index (κ2) is 9.35. The predicted octanol–water partition coefficient (Wildman–Crippen LogP) is 4.50. The number of phenolic OH excluding ortho intramolecular Hbond substituents is 1. The molecule has 1 heterocycles. The zero-order valence-electron chi connectivity index (χ0n) is 16.6. The van der Waals surface area contributed by atoms with Crippen molar-refractivity contribution >= 4 is 40.2 Å². The van der Waals surface area contributed by atoms with Gasteiger partial charge in [-0.25, -0.2) is 9.79 Å². The first kappa shape index (κ1) is 21.9. The number of carbonyl (C=O) groups excluding carboxylic acids is 1. The molecule has 31 heavy (non-hydrogen) atoms. The number of rotatable bonds is 6. The van der Waals surface area contributed by atoms with Crippen LogP contribution in [0.5, 0.6) is 11.5 Å². The number of nitro groups is 1. The Hall–Kier alpha value is -3.79. The number of carbonyl (C=O) groups is 1. The fourth-order valence-corrected chi connectivity index (χ4v) is 3.73. The van der Waals surface area contributed by atoms with Gasteiger partial charge in [0.15, 0.2) is 11.5 Å². The number of methoxy groups -OCH3 is 1. The molecule has 0 unspecified atom stereocenters. The van der Waals surface area contributed by atoms with E-state index in [0.717, 1.165) is 11.8 Å². The molecule has 1 aliphatic rings. The highest BCUT2D eigenvalue weighted by Crippen LogP contribution is 2.41. The zero-order chi connectivity index (χ0) is 22.5. The van der Waals surface area contributed by atoms with Gasteiger partial charge in [0.05, 0.1) is 29.2 Å². The van der Waals surface area contributed by atoms with Gasteiger partial charge in [-0.2, -0.15) is 0 Å². The van der Waals surface area contributed by atoms with E-state index in [1.165, 1.54) is 37.4 Å². The Morgan fingerprint density at radius 3 is 2.55 bits per heavy atom. The summed E-state index contributed by atoms with van der Waals surface area (Å²) >= 11 is 1.05. The SMILES string of the molecule is CCOC(=O)C1=C(O)/C(=C/c2ccc(O)c(OC)c2)SC1=Nc1ccc([N+](=O)[O-])cc1. The largest absolute Gasteiger partial charge is 0.506 e. The molecule has 2 aromatic rings. The first-order valence-corrected chi connectivity index (χ1v) is 9.86. The number of aliphatic hydroxyl groups excluding tert-OH is 1. The average Bonchev–Trinajstić information content (AvgIpc) is 3.04. The molecule has 0 atom stereocenters. The summed E-state index contributed by atoms with van der Waals surface area (Å²) in [7, 11) is 1.42. The van der Waals surface area contributed by atoms with Crippen molar-refractivity contribution in [2.75, 3.05) is 13.7 Å². The van der Waals surface area contributed by atoms with Crippen molar-refractivity contribution in [3.05, 3.63) is 74.4 Å². The number of aliphatic hydroxyl groups is 1. The maximum Gasteiger partial charge on any atom is 0.344 e. The van der Waals surface area contributed by atoms with Gasteiger partial charge in [-0.15, -0.1) is 0 Å². The Balaban J connectivity index is 2.02. The molecular weight excluding hydrogens is 424 g/mol. The lowest BCUT2D eigenvalue weighted by atomic mass is 10.1. The van der Waals surface area contributed by atoms with E-state index in [-0.39, 0.29) is 40.2 Å². The Morgan fingerprint density at radius 2 is 1.94 bits per heavy atom. The molecule has 0 aliphatic carbocycles. The zero-order valence-corrected chi connectivity index (χ0v) is 17.4. The van der Waals surface area contributed by atoms with E-state index in [1.54, 1.807) is 25.1 Å². The van der Waals surface area contributed by atoms with Gasteiger partial charge < -0.3 is 19.7 Å². The van der Waals surface area contributed by atoms with Crippen LogP contribution in [0.25, 0.3) is 6.08 Å². The van der Waals surface area contributed by atoms with E-state index in [4.69, 9.17) is 9.47 Å². The van der Waals surface area contributed by atoms with Crippen LogP contribution in [0.4, 0.5) is 11.4 Å². The van der Waals surface area contributed by atoms with Crippen molar-refractivity contribution in [2.24, 2.45) is 4.99 Å². The van der Waals surface area contributed by atoms with Gasteiger partial charge in [-0.3, -0.25) is 10.1 Å². The lowest BCUT2D eigenvalue weighted by Gasteiger charge is -2.04. The predicted molar refractivity (Wildman–Crippen MR) is 117 cm³/mol. The molecule has 1 aliphatic heterocycles. The second-order valence-electron chi connectivity index (χ2n) is 6.18. The van der Waals surface area contributed by atoms with E-state index in [1.807, 2.05) is 0 Å². The van der Waals surface area contributed by atoms with Crippen LogP contribution in [-0.4, -0.2) is 39.9 Å². The van der Waals surface area contributed by atoms with Crippen LogP contribution >= 0.6 is 11.8 Å². The maximum absolute atomic E-state index is 12.4. The van der Waals surface area contributed by atoms with Gasteiger partial charge in [0, 0.05) is 12.1 Å². The lowest BCUT2D eigenvalue weighted by molar-refractivity contribution is -0.384. The number of aliphatic imine (C=N–C) groups is 1. The molecular formula is C21H18N2O7S. The fourth-order valence-electron chi connectivity index (χ4n) is 2.69. The Labute approximate surface area is 181 Å². The standard InChI is InChI=1S/C21H18N2O7S/c1-3-30-21(26)18-19(25)17(11-12-4-9-15(24)16(10-12)29-2)31-20(18)22-13-5-7-14(8-6-13)23(27)28/h4-11,24-25H,3H2,1-2H3/b17-11-,22-20?. The van der Waals surface area contributed by atoms with E-state index in [9.17, 15) is 25.1 Å². The number of benzene rings is 2. The van der Waals surface area contributed by atoms with Crippen molar-refractivity contribution in [3.63, 3.8) is 0 Å². The summed E-state index contributed by atoms with van der Waals surface area (Å²) in [5.74, 6) is -0.807. The highest BCUT2D eigenvalue weighted by Gasteiger charge is 2.33. The number of hydrogen-bond donors (Lipinski definition) is 2. The first-order valence-electron chi connectivity index (χ1n) is 9.04. The van der Waals surface area contributed by atoms with Gasteiger partial charge in [0.2, 0.25) is 0 Å². The third-order valence-electron chi connectivity index (χ3n) is 4.16. The minimum Gasteiger partial charge on any atom is -0.506 e. The average molecular weight is 442 g/mol. The smallest absolute Gasteiger partial charge is 0.344 e. The summed E-state index contributed by atoms with van der Waals surface area (Å²) in [6, 6.07) is 10.1. The summed E-state index contributed by atoms with van der Waals surface area (Å²) in [5, 5.41) is 31.5. The minimum atomic E-state index is -0.736. The molecule has 0 aromatic heterocycles. The molecule has 0 spiro atoms. The number of non-ortho nitro benzene ring substituents is 1. The molecule has 0 saturated heterocycles. The third-order valence-corrected chi connectivity index (χ3v) is 5.18. The molecule has 10 heteroatoms. The van der Waals surface area contributed by atoms with Gasteiger partial charge >= 0.3 is 5.97 Å². The van der Waals surface area contributed by atoms with Crippen LogP contribution in [0, 0.1) is 10.1 Å². The number of esters is 1. The highest BCUT2D eigenvalue weighted by atomic mass is 32.2. The van der Waals surface area contributed by atoms with Crippen molar-refractivity contribution < 1.29 is 29.4 Å². The quantitative estimate of drug-likeness (QED) is 0.380. The van der Waals surface area contributed by atoms with Crippen molar-refractivity contribution in [1.29, 1.82) is 0 Å². The summed E-state index contributed by atoms with van der Waals surface area (Å²) in [6.07, 6.45) is 1.61. The summed E-state index contributed by atoms with van der Waals surface area (Å²) in [4.78, 5) is 27.5. The van der Waals surface area contributed by atoms with Crippen LogP contribution in [0.3, 0.4) is 0 Å². The van der Waals surface area contributed by atoms with Crippen LogP contribution in [0.2, 0.25) is 0 Å². The molecule has 0 fully saturated rings. The number of nitro benzene ring substituents is 1. The maximum atomic E-state index is 12.4. The molecule has 2 N–H and O–H groups in total. The number of nitrogens with zero attached hydrogens (tertiary/aromatic N) is 2. The molecule has 9 nitrogen and oxygen atoms in total. The van der Waals surface area contributed by atoms with Crippen LogP contribution in [0.15, 0.2) is 63.7 Å². The monoisotopic (exact) mass is 442 g/mol. The summed E-state index contributed by atoms with van der Waals surface area (Å²) in [5.41, 5.74) is 0.801. The van der Waals surface area contributed by atoms with Crippen LogP contribution in [-0.2, 0) is 9.53 Å². The fraction of sp³-hybridized carbons (Fsp3) is 0.143. The van der Waals surface area contributed by atoms with Crippen molar-refractivity contribution in [1.82, 2.24) is 0 Å². The molecule has 0 bridgehead atoms. The van der Waals surface area contributed by atoms with E-state index in [2.05, 4.69) is 4.99 Å². The second-order valence-corrected chi connectivity index (χ2v) is 7.21. The third kappa shape index (κ3) is 4.86. The molecule has 2 aromatic carbocycles. The minimum absolute atomic E-state index is 0.0314. The number of phenols is 1. The van der Waals surface area contributed by atoms with Crippen LogP contribution in [0.1, 0.15) is 12.5 Å². The van der Waals surface area contributed by atoms with Gasteiger partial charge in [-0.05, 0) is 42.8 Å². The Morgan fingerprint density at radius 1 is 1.23 bits per heavy atom. The van der Waals surface area contributed by atoms with Crippen LogP contribution < -0.4 is 4.74 Å². The highest BCUT2D eigenvalue weighted by molar-refractivity contribution is 8.18. The van der Waals surface area contributed by atoms with E-state index in [0.29, 0.717) is 16.2 Å². The van der Waals surface area contributed by atoms with Gasteiger partial charge in [0.1, 0.15) is 16.4 Å². The van der Waals surface area contributed by atoms with E-state index < -0.39 is 10.9 Å². The van der Waals surface area contributed by atoms with Gasteiger partial charge in [0.25, 0.3) is 5.69 Å².